The third-order valence-electron chi connectivity index (χ3n) is 5.13. The van der Waals surface area contributed by atoms with Crippen molar-refractivity contribution in [2.45, 2.75) is 56.4 Å². The quantitative estimate of drug-likeness (QED) is 0.824. The molecule has 1 heterocycles. The van der Waals surface area contributed by atoms with E-state index in [1.165, 1.54) is 32.1 Å². The van der Waals surface area contributed by atoms with Crippen molar-refractivity contribution in [1.82, 2.24) is 4.98 Å². The van der Waals surface area contributed by atoms with Crippen molar-refractivity contribution < 1.29 is 8.42 Å². The molecular weight excluding hydrogens is 346 g/mol. The zero-order chi connectivity index (χ0) is 18.6. The maximum absolute atomic E-state index is 12.5. The fourth-order valence-electron chi connectivity index (χ4n) is 3.43. The second kappa shape index (κ2) is 8.08. The van der Waals surface area contributed by atoms with Crippen LogP contribution in [0.3, 0.4) is 0 Å². The number of rotatable bonds is 6. The summed E-state index contributed by atoms with van der Waals surface area (Å²) < 4.78 is 27.6. The Bertz CT molecular complexity index is 811. The molecule has 0 radical (unpaired) electrons. The van der Waals surface area contributed by atoms with Crippen LogP contribution in [0.2, 0.25) is 0 Å². The Kier molecular flexibility index (Phi) is 5.81. The van der Waals surface area contributed by atoms with Crippen molar-refractivity contribution in [2.24, 2.45) is 0 Å². The van der Waals surface area contributed by atoms with Crippen LogP contribution in [0.25, 0.3) is 0 Å². The van der Waals surface area contributed by atoms with Crippen LogP contribution in [0.1, 0.15) is 44.6 Å². The molecule has 1 aromatic carbocycles. The molecule has 5 nitrogen and oxygen atoms in total. The third kappa shape index (κ3) is 4.36. The van der Waals surface area contributed by atoms with Crippen LogP contribution in [-0.4, -0.2) is 26.5 Å². The SMILES string of the molecule is CCc1ccc(S(=O)(=O)Nc2ccc(N(C)C3CCCCC3)nc2)cc1. The van der Waals surface area contributed by atoms with Gasteiger partial charge in [0.1, 0.15) is 5.82 Å². The fraction of sp³-hybridized carbons (Fsp3) is 0.450. The maximum Gasteiger partial charge on any atom is 0.261 e. The number of pyridine rings is 1. The Labute approximate surface area is 156 Å². The molecule has 0 saturated heterocycles. The van der Waals surface area contributed by atoms with Gasteiger partial charge in [-0.15, -0.1) is 0 Å². The molecule has 3 rings (SSSR count). The number of hydrogen-bond donors (Lipinski definition) is 1. The highest BCUT2D eigenvalue weighted by molar-refractivity contribution is 7.92. The molecule has 140 valence electrons. The van der Waals surface area contributed by atoms with Crippen LogP contribution in [-0.2, 0) is 16.4 Å². The first kappa shape index (κ1) is 18.7. The molecule has 1 aromatic heterocycles. The topological polar surface area (TPSA) is 62.3 Å². The van der Waals surface area contributed by atoms with Crippen molar-refractivity contribution in [3.8, 4) is 0 Å². The van der Waals surface area contributed by atoms with Gasteiger partial charge in [0.25, 0.3) is 10.0 Å². The Balaban J connectivity index is 1.69. The summed E-state index contributed by atoms with van der Waals surface area (Å²) in [6, 6.07) is 11.1. The van der Waals surface area contributed by atoms with E-state index in [1.54, 1.807) is 24.4 Å². The Morgan fingerprint density at radius 3 is 2.35 bits per heavy atom. The lowest BCUT2D eigenvalue weighted by Gasteiger charge is -2.32. The lowest BCUT2D eigenvalue weighted by Crippen LogP contribution is -2.33. The first-order chi connectivity index (χ1) is 12.5. The second-order valence-electron chi connectivity index (χ2n) is 6.91. The van der Waals surface area contributed by atoms with Gasteiger partial charge in [0, 0.05) is 13.1 Å². The van der Waals surface area contributed by atoms with E-state index in [4.69, 9.17) is 0 Å². The van der Waals surface area contributed by atoms with E-state index in [0.29, 0.717) is 11.7 Å². The van der Waals surface area contributed by atoms with Gasteiger partial charge in [-0.2, -0.15) is 0 Å². The molecule has 2 aromatic rings. The highest BCUT2D eigenvalue weighted by Crippen LogP contribution is 2.26. The smallest absolute Gasteiger partial charge is 0.261 e. The predicted molar refractivity (Wildman–Crippen MR) is 106 cm³/mol. The molecule has 1 saturated carbocycles. The molecule has 1 fully saturated rings. The summed E-state index contributed by atoms with van der Waals surface area (Å²) in [7, 11) is -1.53. The molecule has 6 heteroatoms. The van der Waals surface area contributed by atoms with Crippen LogP contribution in [0.15, 0.2) is 47.5 Å². The number of benzene rings is 1. The summed E-state index contributed by atoms with van der Waals surface area (Å²) in [5, 5.41) is 0. The lowest BCUT2D eigenvalue weighted by molar-refractivity contribution is 0.426. The van der Waals surface area contributed by atoms with Gasteiger partial charge in [0.15, 0.2) is 0 Å². The van der Waals surface area contributed by atoms with Crippen molar-refractivity contribution in [3.63, 3.8) is 0 Å². The van der Waals surface area contributed by atoms with Crippen LogP contribution in [0.4, 0.5) is 11.5 Å². The molecule has 0 spiro atoms. The Hall–Kier alpha value is -2.08. The minimum Gasteiger partial charge on any atom is -0.357 e. The van der Waals surface area contributed by atoms with E-state index in [9.17, 15) is 8.42 Å². The molecule has 0 aliphatic heterocycles. The normalized spacial score (nSPS) is 15.6. The molecule has 0 atom stereocenters. The van der Waals surface area contributed by atoms with Gasteiger partial charge in [-0.25, -0.2) is 13.4 Å². The number of nitrogens with zero attached hydrogens (tertiary/aromatic N) is 2. The summed E-state index contributed by atoms with van der Waals surface area (Å²) >= 11 is 0. The van der Waals surface area contributed by atoms with E-state index in [0.717, 1.165) is 17.8 Å². The number of anilines is 2. The highest BCUT2D eigenvalue weighted by atomic mass is 32.2. The van der Waals surface area contributed by atoms with Crippen LogP contribution >= 0.6 is 0 Å². The first-order valence-electron chi connectivity index (χ1n) is 9.30. The Morgan fingerprint density at radius 2 is 1.77 bits per heavy atom. The average molecular weight is 374 g/mol. The van der Waals surface area contributed by atoms with Gasteiger partial charge in [-0.1, -0.05) is 38.3 Å². The zero-order valence-corrected chi connectivity index (χ0v) is 16.3. The predicted octanol–water partition coefficient (Wildman–Crippen LogP) is 4.21. The number of nitrogens with one attached hydrogen (secondary N) is 1. The maximum atomic E-state index is 12.5. The number of aromatic nitrogens is 1. The van der Waals surface area contributed by atoms with E-state index >= 15 is 0 Å². The molecule has 0 amide bonds. The van der Waals surface area contributed by atoms with Gasteiger partial charge in [-0.05, 0) is 49.1 Å². The second-order valence-corrected chi connectivity index (χ2v) is 8.59. The van der Waals surface area contributed by atoms with Crippen molar-refractivity contribution >= 4 is 21.5 Å². The van der Waals surface area contributed by atoms with E-state index in [-0.39, 0.29) is 4.90 Å². The Morgan fingerprint density at radius 1 is 1.08 bits per heavy atom. The third-order valence-corrected chi connectivity index (χ3v) is 6.52. The first-order valence-corrected chi connectivity index (χ1v) is 10.8. The molecule has 1 N–H and O–H groups in total. The van der Waals surface area contributed by atoms with Gasteiger partial charge in [0.05, 0.1) is 16.8 Å². The van der Waals surface area contributed by atoms with Crippen LogP contribution < -0.4 is 9.62 Å². The fourth-order valence-corrected chi connectivity index (χ4v) is 4.47. The molecule has 1 aliphatic carbocycles. The lowest BCUT2D eigenvalue weighted by atomic mass is 9.94. The minimum atomic E-state index is -3.60. The monoisotopic (exact) mass is 373 g/mol. The van der Waals surface area contributed by atoms with Gasteiger partial charge in [0.2, 0.25) is 0 Å². The van der Waals surface area contributed by atoms with Crippen molar-refractivity contribution in [3.05, 3.63) is 48.2 Å². The van der Waals surface area contributed by atoms with Crippen molar-refractivity contribution in [2.75, 3.05) is 16.7 Å². The van der Waals surface area contributed by atoms with Gasteiger partial charge < -0.3 is 4.90 Å². The van der Waals surface area contributed by atoms with Gasteiger partial charge >= 0.3 is 0 Å². The zero-order valence-electron chi connectivity index (χ0n) is 15.5. The number of sulfonamides is 1. The molecule has 0 bridgehead atoms. The summed E-state index contributed by atoms with van der Waals surface area (Å²) in [5.41, 5.74) is 1.59. The summed E-state index contributed by atoms with van der Waals surface area (Å²) in [4.78, 5) is 6.93. The summed E-state index contributed by atoms with van der Waals surface area (Å²) in [6.07, 6.45) is 8.71. The summed E-state index contributed by atoms with van der Waals surface area (Å²) in [5.74, 6) is 0.882. The minimum absolute atomic E-state index is 0.262. The number of hydrogen-bond acceptors (Lipinski definition) is 4. The number of aryl methyl sites for hydroxylation is 1. The standard InChI is InChI=1S/C20H27N3O2S/c1-3-16-9-12-19(13-10-16)26(24,25)22-17-11-14-20(21-15-17)23(2)18-7-5-4-6-8-18/h9-15,18,22H,3-8H2,1-2H3. The highest BCUT2D eigenvalue weighted by Gasteiger charge is 2.19. The van der Waals surface area contributed by atoms with Gasteiger partial charge in [-0.3, -0.25) is 4.72 Å². The van der Waals surface area contributed by atoms with Crippen LogP contribution in [0, 0.1) is 0 Å². The van der Waals surface area contributed by atoms with E-state index in [2.05, 4.69) is 21.7 Å². The molecule has 1 aliphatic rings. The van der Waals surface area contributed by atoms with E-state index in [1.807, 2.05) is 25.1 Å². The largest absolute Gasteiger partial charge is 0.357 e. The van der Waals surface area contributed by atoms with E-state index < -0.39 is 10.0 Å². The average Bonchev–Trinajstić information content (AvgIpc) is 2.68. The van der Waals surface area contributed by atoms with Crippen LogP contribution in [0.5, 0.6) is 0 Å². The molecule has 26 heavy (non-hydrogen) atoms. The van der Waals surface area contributed by atoms with Crippen molar-refractivity contribution in [1.29, 1.82) is 0 Å². The molecule has 0 unspecified atom stereocenters. The molecular formula is C20H27N3O2S. The summed E-state index contributed by atoms with van der Waals surface area (Å²) in [6.45, 7) is 2.04.